The highest BCUT2D eigenvalue weighted by molar-refractivity contribution is 5.98. The maximum absolute atomic E-state index is 14.0. The van der Waals surface area contributed by atoms with Gasteiger partial charge < -0.3 is 14.4 Å². The Labute approximate surface area is 188 Å². The quantitative estimate of drug-likeness (QED) is 0.598. The molecule has 0 aliphatic carbocycles. The van der Waals surface area contributed by atoms with E-state index in [0.29, 0.717) is 18.7 Å². The molecule has 0 saturated heterocycles. The van der Waals surface area contributed by atoms with Gasteiger partial charge in [-0.1, -0.05) is 30.3 Å². The summed E-state index contributed by atoms with van der Waals surface area (Å²) >= 11 is 0. The molecule has 3 aromatic rings. The van der Waals surface area contributed by atoms with Gasteiger partial charge in [-0.3, -0.25) is 9.59 Å². The fourth-order valence-corrected chi connectivity index (χ4v) is 4.37. The summed E-state index contributed by atoms with van der Waals surface area (Å²) in [6, 6.07) is 17.2. The van der Waals surface area contributed by atoms with E-state index in [2.05, 4.69) is 4.57 Å². The largest absolute Gasteiger partial charge is 0.348 e. The fraction of sp³-hybridized carbons (Fsp3) is 0.308. The Kier molecular flexibility index (Phi) is 6.12. The number of carbonyl (C=O) groups is 2. The molecule has 0 saturated carbocycles. The van der Waals surface area contributed by atoms with Crippen LogP contribution < -0.4 is 0 Å². The number of carbonyl (C=O) groups excluding carboxylic acids is 2. The molecule has 4 rings (SSSR count). The van der Waals surface area contributed by atoms with Crippen molar-refractivity contribution in [2.75, 3.05) is 13.1 Å². The second kappa shape index (κ2) is 8.99. The number of hydrogen-bond acceptors (Lipinski definition) is 2. The minimum Gasteiger partial charge on any atom is -0.348 e. The summed E-state index contributed by atoms with van der Waals surface area (Å²) in [4.78, 5) is 30.2. The second-order valence-corrected chi connectivity index (χ2v) is 8.51. The van der Waals surface area contributed by atoms with E-state index < -0.39 is 6.04 Å². The van der Waals surface area contributed by atoms with Crippen molar-refractivity contribution in [2.45, 2.75) is 39.4 Å². The SMILES string of the molecule is Cc1ccccc1C(=O)N(CC(=O)N1CCn2cccc2C1c1cccc(F)c1)C(C)C. The molecule has 6 heteroatoms. The molecular formula is C26H28FN3O2. The van der Waals surface area contributed by atoms with E-state index in [1.165, 1.54) is 12.1 Å². The van der Waals surface area contributed by atoms with Crippen molar-refractivity contribution in [1.82, 2.24) is 14.4 Å². The first kappa shape index (κ1) is 21.8. The first-order valence-electron chi connectivity index (χ1n) is 10.9. The van der Waals surface area contributed by atoms with Crippen LogP contribution in [0.2, 0.25) is 0 Å². The molecule has 0 radical (unpaired) electrons. The lowest BCUT2D eigenvalue weighted by Crippen LogP contribution is -2.49. The molecule has 1 aliphatic heterocycles. The molecule has 2 amide bonds. The molecule has 0 bridgehead atoms. The van der Waals surface area contributed by atoms with Crippen LogP contribution in [0.1, 0.15) is 47.1 Å². The number of aromatic nitrogens is 1. The number of fused-ring (bicyclic) bond motifs is 1. The molecule has 0 spiro atoms. The molecule has 1 atom stereocenters. The number of amides is 2. The van der Waals surface area contributed by atoms with Gasteiger partial charge in [-0.25, -0.2) is 4.39 Å². The lowest BCUT2D eigenvalue weighted by atomic mass is 9.99. The van der Waals surface area contributed by atoms with Gasteiger partial charge in [-0.15, -0.1) is 0 Å². The number of aryl methyl sites for hydroxylation is 1. The van der Waals surface area contributed by atoms with Gasteiger partial charge in [0.25, 0.3) is 5.91 Å². The molecule has 1 unspecified atom stereocenters. The zero-order chi connectivity index (χ0) is 22.8. The minimum absolute atomic E-state index is 0.0304. The molecule has 32 heavy (non-hydrogen) atoms. The summed E-state index contributed by atoms with van der Waals surface area (Å²) in [5, 5.41) is 0. The van der Waals surface area contributed by atoms with Crippen molar-refractivity contribution in [3.63, 3.8) is 0 Å². The van der Waals surface area contributed by atoms with Gasteiger partial charge >= 0.3 is 0 Å². The summed E-state index contributed by atoms with van der Waals surface area (Å²) < 4.78 is 16.1. The van der Waals surface area contributed by atoms with Crippen molar-refractivity contribution < 1.29 is 14.0 Å². The first-order valence-corrected chi connectivity index (χ1v) is 10.9. The Balaban J connectivity index is 1.64. The van der Waals surface area contributed by atoms with Crippen LogP contribution in [0.25, 0.3) is 0 Å². The summed E-state index contributed by atoms with van der Waals surface area (Å²) in [5.74, 6) is -0.645. The molecule has 166 valence electrons. The van der Waals surface area contributed by atoms with Crippen LogP contribution in [0.5, 0.6) is 0 Å². The van der Waals surface area contributed by atoms with Crippen molar-refractivity contribution in [3.8, 4) is 0 Å². The van der Waals surface area contributed by atoms with E-state index in [0.717, 1.165) is 16.8 Å². The van der Waals surface area contributed by atoms with Crippen molar-refractivity contribution in [1.29, 1.82) is 0 Å². The van der Waals surface area contributed by atoms with Crippen LogP contribution in [0, 0.1) is 12.7 Å². The Morgan fingerprint density at radius 1 is 1.06 bits per heavy atom. The van der Waals surface area contributed by atoms with Crippen molar-refractivity contribution in [3.05, 3.63) is 95.1 Å². The normalized spacial score (nSPS) is 15.5. The third kappa shape index (κ3) is 4.17. The maximum atomic E-state index is 14.0. The number of benzene rings is 2. The van der Waals surface area contributed by atoms with Crippen LogP contribution in [-0.4, -0.2) is 45.3 Å². The Morgan fingerprint density at radius 3 is 2.56 bits per heavy atom. The molecule has 1 aromatic heterocycles. The van der Waals surface area contributed by atoms with Gasteiger partial charge in [0.1, 0.15) is 12.4 Å². The van der Waals surface area contributed by atoms with Gasteiger partial charge in [0.15, 0.2) is 0 Å². The summed E-state index contributed by atoms with van der Waals surface area (Å²) in [6.07, 6.45) is 1.98. The fourth-order valence-electron chi connectivity index (χ4n) is 4.37. The number of hydrogen-bond donors (Lipinski definition) is 0. The van der Waals surface area contributed by atoms with E-state index in [1.54, 1.807) is 21.9 Å². The highest BCUT2D eigenvalue weighted by atomic mass is 19.1. The lowest BCUT2D eigenvalue weighted by molar-refractivity contribution is -0.135. The summed E-state index contributed by atoms with van der Waals surface area (Å²) in [5.41, 5.74) is 3.14. The highest BCUT2D eigenvalue weighted by Crippen LogP contribution is 2.33. The van der Waals surface area contributed by atoms with Crippen LogP contribution >= 0.6 is 0 Å². The number of nitrogens with zero attached hydrogens (tertiary/aromatic N) is 3. The summed E-state index contributed by atoms with van der Waals surface area (Å²) in [6.45, 7) is 6.84. The Morgan fingerprint density at radius 2 is 1.84 bits per heavy atom. The van der Waals surface area contributed by atoms with E-state index in [9.17, 15) is 14.0 Å². The van der Waals surface area contributed by atoms with E-state index >= 15 is 0 Å². The molecule has 0 fully saturated rings. The molecule has 0 N–H and O–H groups in total. The van der Waals surface area contributed by atoms with Crippen LogP contribution in [-0.2, 0) is 11.3 Å². The van der Waals surface area contributed by atoms with Gasteiger partial charge in [-0.2, -0.15) is 0 Å². The van der Waals surface area contributed by atoms with Gasteiger partial charge in [-0.05, 0) is 62.2 Å². The van der Waals surface area contributed by atoms with Crippen molar-refractivity contribution in [2.24, 2.45) is 0 Å². The Bertz CT molecular complexity index is 1140. The smallest absolute Gasteiger partial charge is 0.254 e. The third-order valence-corrected chi connectivity index (χ3v) is 6.09. The topological polar surface area (TPSA) is 45.6 Å². The van der Waals surface area contributed by atoms with Gasteiger partial charge in [0.05, 0.1) is 6.04 Å². The first-order chi connectivity index (χ1) is 15.4. The second-order valence-electron chi connectivity index (χ2n) is 8.51. The maximum Gasteiger partial charge on any atom is 0.254 e. The van der Waals surface area contributed by atoms with E-state index in [1.807, 2.05) is 63.4 Å². The average Bonchev–Trinajstić information content (AvgIpc) is 3.25. The zero-order valence-electron chi connectivity index (χ0n) is 18.7. The molecule has 2 heterocycles. The zero-order valence-corrected chi connectivity index (χ0v) is 18.7. The van der Waals surface area contributed by atoms with Gasteiger partial charge in [0.2, 0.25) is 5.91 Å². The van der Waals surface area contributed by atoms with Crippen LogP contribution in [0.4, 0.5) is 4.39 Å². The number of rotatable bonds is 5. The predicted octanol–water partition coefficient (Wildman–Crippen LogP) is 4.42. The highest BCUT2D eigenvalue weighted by Gasteiger charge is 2.34. The molecule has 1 aliphatic rings. The molecule has 2 aromatic carbocycles. The van der Waals surface area contributed by atoms with Gasteiger partial charge in [0, 0.05) is 36.6 Å². The average molecular weight is 434 g/mol. The van der Waals surface area contributed by atoms with E-state index in [4.69, 9.17) is 0 Å². The summed E-state index contributed by atoms with van der Waals surface area (Å²) in [7, 11) is 0. The van der Waals surface area contributed by atoms with Crippen LogP contribution in [0.3, 0.4) is 0 Å². The monoisotopic (exact) mass is 433 g/mol. The molecule has 5 nitrogen and oxygen atoms in total. The van der Waals surface area contributed by atoms with E-state index in [-0.39, 0.29) is 30.2 Å². The molecular weight excluding hydrogens is 405 g/mol. The predicted molar refractivity (Wildman–Crippen MR) is 122 cm³/mol. The van der Waals surface area contributed by atoms with Crippen molar-refractivity contribution >= 4 is 11.8 Å². The Hall–Kier alpha value is -3.41. The lowest BCUT2D eigenvalue weighted by Gasteiger charge is -2.39. The standard InChI is InChI=1S/C26H28FN3O2/c1-18(2)30(26(32)22-11-5-4-8-19(22)3)17-24(31)29-15-14-28-13-7-12-23(28)25(29)20-9-6-10-21(27)16-20/h4-13,16,18,25H,14-15,17H2,1-3H3. The van der Waals surface area contributed by atoms with Crippen LogP contribution in [0.15, 0.2) is 66.9 Å². The number of halogens is 1. The third-order valence-electron chi connectivity index (χ3n) is 6.09. The minimum atomic E-state index is -0.399.